The summed E-state index contributed by atoms with van der Waals surface area (Å²) in [5, 5.41) is 9.44. The minimum absolute atomic E-state index is 0.00568. The van der Waals surface area contributed by atoms with E-state index in [0.29, 0.717) is 0 Å². The fraction of sp³-hybridized carbons (Fsp3) is 1.00. The molecule has 0 amide bonds. The third kappa shape index (κ3) is 4.09. The van der Waals surface area contributed by atoms with Crippen LogP contribution in [-0.2, 0) is 4.74 Å². The molecule has 1 aliphatic heterocycles. The Morgan fingerprint density at radius 3 is 2.67 bits per heavy atom. The van der Waals surface area contributed by atoms with Gasteiger partial charge in [-0.2, -0.15) is 0 Å². The molecule has 1 N–H and O–H groups in total. The summed E-state index contributed by atoms with van der Waals surface area (Å²) in [6.45, 7) is 8.32. The minimum Gasteiger partial charge on any atom is -0.396 e. The SMILES string of the molecule is CC(C)CCN(C)CC1(CO)CCOC1. The maximum atomic E-state index is 9.44. The van der Waals surface area contributed by atoms with Crippen molar-refractivity contribution < 1.29 is 9.84 Å². The van der Waals surface area contributed by atoms with Crippen LogP contribution in [0.3, 0.4) is 0 Å². The lowest BCUT2D eigenvalue weighted by atomic mass is 9.88. The molecular weight excluding hydrogens is 190 g/mol. The van der Waals surface area contributed by atoms with Crippen LogP contribution in [0.15, 0.2) is 0 Å². The van der Waals surface area contributed by atoms with Crippen LogP contribution in [0.4, 0.5) is 0 Å². The largest absolute Gasteiger partial charge is 0.396 e. The van der Waals surface area contributed by atoms with E-state index in [1.807, 2.05) is 0 Å². The van der Waals surface area contributed by atoms with Crippen LogP contribution in [0.5, 0.6) is 0 Å². The molecule has 0 radical (unpaired) electrons. The minimum atomic E-state index is 0.00568. The second-order valence-corrected chi connectivity index (χ2v) is 5.38. The fourth-order valence-electron chi connectivity index (χ4n) is 2.08. The summed E-state index contributed by atoms with van der Waals surface area (Å²) >= 11 is 0. The molecule has 0 spiro atoms. The van der Waals surface area contributed by atoms with Crippen molar-refractivity contribution in [1.29, 1.82) is 0 Å². The highest BCUT2D eigenvalue weighted by molar-refractivity contribution is 4.85. The topological polar surface area (TPSA) is 32.7 Å². The maximum absolute atomic E-state index is 9.44. The molecule has 3 heteroatoms. The van der Waals surface area contributed by atoms with E-state index in [-0.39, 0.29) is 12.0 Å². The number of hydrogen-bond donors (Lipinski definition) is 1. The average Bonchev–Trinajstić information content (AvgIpc) is 2.64. The summed E-state index contributed by atoms with van der Waals surface area (Å²) < 4.78 is 5.39. The molecule has 0 aliphatic carbocycles. The summed E-state index contributed by atoms with van der Waals surface area (Å²) in [6, 6.07) is 0. The molecule has 1 atom stereocenters. The summed E-state index contributed by atoms with van der Waals surface area (Å²) in [5.74, 6) is 0.748. The zero-order valence-corrected chi connectivity index (χ0v) is 10.3. The van der Waals surface area contributed by atoms with Crippen molar-refractivity contribution >= 4 is 0 Å². The monoisotopic (exact) mass is 215 g/mol. The van der Waals surface area contributed by atoms with Gasteiger partial charge in [0.2, 0.25) is 0 Å². The van der Waals surface area contributed by atoms with Crippen molar-refractivity contribution in [3.8, 4) is 0 Å². The van der Waals surface area contributed by atoms with Crippen LogP contribution in [0.2, 0.25) is 0 Å². The van der Waals surface area contributed by atoms with E-state index in [1.165, 1.54) is 6.42 Å². The molecule has 0 aromatic rings. The van der Waals surface area contributed by atoms with E-state index in [2.05, 4.69) is 25.8 Å². The standard InChI is InChI=1S/C12H25NO2/c1-11(2)4-6-13(3)8-12(9-14)5-7-15-10-12/h11,14H,4-10H2,1-3H3. The van der Waals surface area contributed by atoms with Crippen molar-refractivity contribution in [1.82, 2.24) is 4.90 Å². The molecule has 0 saturated carbocycles. The Morgan fingerprint density at radius 2 is 2.20 bits per heavy atom. The Labute approximate surface area is 93.4 Å². The molecule has 1 heterocycles. The van der Waals surface area contributed by atoms with Crippen molar-refractivity contribution in [2.45, 2.75) is 26.7 Å². The van der Waals surface area contributed by atoms with Gasteiger partial charge in [-0.15, -0.1) is 0 Å². The van der Waals surface area contributed by atoms with Crippen LogP contribution >= 0.6 is 0 Å². The van der Waals surface area contributed by atoms with Crippen LogP contribution in [0, 0.1) is 11.3 Å². The lowest BCUT2D eigenvalue weighted by Gasteiger charge is -2.30. The molecule has 90 valence electrons. The molecule has 0 bridgehead atoms. The molecule has 1 fully saturated rings. The van der Waals surface area contributed by atoms with Gasteiger partial charge < -0.3 is 14.7 Å². The highest BCUT2D eigenvalue weighted by atomic mass is 16.5. The van der Waals surface area contributed by atoms with E-state index in [1.54, 1.807) is 0 Å². The molecule has 0 aromatic carbocycles. The van der Waals surface area contributed by atoms with Gasteiger partial charge in [-0.25, -0.2) is 0 Å². The summed E-state index contributed by atoms with van der Waals surface area (Å²) in [7, 11) is 2.14. The third-order valence-corrected chi connectivity index (χ3v) is 3.21. The van der Waals surface area contributed by atoms with Gasteiger partial charge in [-0.3, -0.25) is 0 Å². The first-order valence-electron chi connectivity index (χ1n) is 5.95. The van der Waals surface area contributed by atoms with E-state index >= 15 is 0 Å². The molecule has 1 aliphatic rings. The van der Waals surface area contributed by atoms with E-state index in [9.17, 15) is 5.11 Å². The molecule has 1 saturated heterocycles. The number of rotatable bonds is 6. The fourth-order valence-corrected chi connectivity index (χ4v) is 2.08. The van der Waals surface area contributed by atoms with Crippen LogP contribution in [0.1, 0.15) is 26.7 Å². The van der Waals surface area contributed by atoms with Gasteiger partial charge in [-0.05, 0) is 32.4 Å². The first-order chi connectivity index (χ1) is 7.08. The predicted molar refractivity (Wildman–Crippen MR) is 61.9 cm³/mol. The molecule has 3 nitrogen and oxygen atoms in total. The van der Waals surface area contributed by atoms with Gasteiger partial charge in [0, 0.05) is 18.6 Å². The lowest BCUT2D eigenvalue weighted by Crippen LogP contribution is -2.39. The smallest absolute Gasteiger partial charge is 0.0557 e. The van der Waals surface area contributed by atoms with Gasteiger partial charge in [-0.1, -0.05) is 13.8 Å². The van der Waals surface area contributed by atoms with Gasteiger partial charge in [0.05, 0.1) is 13.2 Å². The number of aliphatic hydroxyl groups excluding tert-OH is 1. The highest BCUT2D eigenvalue weighted by Gasteiger charge is 2.35. The molecule has 15 heavy (non-hydrogen) atoms. The number of nitrogens with zero attached hydrogens (tertiary/aromatic N) is 1. The van der Waals surface area contributed by atoms with E-state index in [4.69, 9.17) is 4.74 Å². The number of aliphatic hydroxyl groups is 1. The van der Waals surface area contributed by atoms with Crippen LogP contribution in [0.25, 0.3) is 0 Å². The second-order valence-electron chi connectivity index (χ2n) is 5.38. The zero-order valence-electron chi connectivity index (χ0n) is 10.3. The predicted octanol–water partition coefficient (Wildman–Crippen LogP) is 1.36. The Kier molecular flexibility index (Phi) is 5.03. The Hall–Kier alpha value is -0.120. The number of hydrogen-bond acceptors (Lipinski definition) is 3. The van der Waals surface area contributed by atoms with E-state index < -0.39 is 0 Å². The molecule has 0 aromatic heterocycles. The summed E-state index contributed by atoms with van der Waals surface area (Å²) in [6.07, 6.45) is 2.22. The van der Waals surface area contributed by atoms with Crippen molar-refractivity contribution in [2.24, 2.45) is 11.3 Å². The van der Waals surface area contributed by atoms with Crippen LogP contribution < -0.4 is 0 Å². The van der Waals surface area contributed by atoms with E-state index in [0.717, 1.165) is 38.6 Å². The molecule has 1 unspecified atom stereocenters. The summed E-state index contributed by atoms with van der Waals surface area (Å²) in [4.78, 5) is 2.32. The van der Waals surface area contributed by atoms with Crippen molar-refractivity contribution in [3.63, 3.8) is 0 Å². The maximum Gasteiger partial charge on any atom is 0.0557 e. The van der Waals surface area contributed by atoms with Crippen LogP contribution in [-0.4, -0.2) is 50.0 Å². The third-order valence-electron chi connectivity index (χ3n) is 3.21. The molecular formula is C12H25NO2. The van der Waals surface area contributed by atoms with Gasteiger partial charge in [0.25, 0.3) is 0 Å². The second kappa shape index (κ2) is 5.83. The summed E-state index contributed by atoms with van der Waals surface area (Å²) in [5.41, 5.74) is 0.00568. The quantitative estimate of drug-likeness (QED) is 0.726. The number of ether oxygens (including phenoxy) is 1. The van der Waals surface area contributed by atoms with Gasteiger partial charge in [0.15, 0.2) is 0 Å². The normalized spacial score (nSPS) is 26.8. The van der Waals surface area contributed by atoms with Crippen molar-refractivity contribution in [3.05, 3.63) is 0 Å². The molecule has 1 rings (SSSR count). The van der Waals surface area contributed by atoms with Crippen molar-refractivity contribution in [2.75, 3.05) is 40.0 Å². The first kappa shape index (κ1) is 12.9. The Morgan fingerprint density at radius 1 is 1.47 bits per heavy atom. The highest BCUT2D eigenvalue weighted by Crippen LogP contribution is 2.28. The average molecular weight is 215 g/mol. The van der Waals surface area contributed by atoms with Gasteiger partial charge >= 0.3 is 0 Å². The zero-order chi connectivity index (χ0) is 11.3. The lowest BCUT2D eigenvalue weighted by molar-refractivity contribution is 0.0633. The Balaban J connectivity index is 2.31. The first-order valence-corrected chi connectivity index (χ1v) is 5.95. The van der Waals surface area contributed by atoms with Gasteiger partial charge in [0.1, 0.15) is 0 Å². The Bertz CT molecular complexity index is 176.